The molecule has 1 atom stereocenters. The number of nitrogens with two attached hydrogens (primary N) is 1. The van der Waals surface area contributed by atoms with Gasteiger partial charge in [0.2, 0.25) is 0 Å². The van der Waals surface area contributed by atoms with Crippen LogP contribution in [-0.4, -0.2) is 19.5 Å². The summed E-state index contributed by atoms with van der Waals surface area (Å²) in [5.41, 5.74) is 9.46. The number of fused-ring (bicyclic) bond motifs is 1. The summed E-state index contributed by atoms with van der Waals surface area (Å²) in [5.74, 6) is 0.935. The molecule has 1 aromatic carbocycles. The van der Waals surface area contributed by atoms with E-state index in [0.29, 0.717) is 12.5 Å². The van der Waals surface area contributed by atoms with E-state index in [1.54, 1.807) is 12.5 Å². The number of hydrogen-bond donors (Lipinski definition) is 2. The maximum absolute atomic E-state index is 6.39. The molecule has 1 fully saturated rings. The maximum Gasteiger partial charge on any atom is 0.127 e. The maximum atomic E-state index is 6.39. The lowest BCUT2D eigenvalue weighted by molar-refractivity contribution is 0.597. The quantitative estimate of drug-likeness (QED) is 0.778. The molecule has 0 radical (unpaired) electrons. The highest BCUT2D eigenvalue weighted by molar-refractivity contribution is 6.31. The highest BCUT2D eigenvalue weighted by atomic mass is 35.5. The van der Waals surface area contributed by atoms with Gasteiger partial charge in [-0.2, -0.15) is 0 Å². The number of aromatic amines is 1. The van der Waals surface area contributed by atoms with E-state index >= 15 is 0 Å². The van der Waals surface area contributed by atoms with Crippen LogP contribution in [0.4, 0.5) is 0 Å². The summed E-state index contributed by atoms with van der Waals surface area (Å²) in [7, 11) is 0. The second-order valence-corrected chi connectivity index (χ2v) is 6.03. The highest BCUT2D eigenvalue weighted by Crippen LogP contribution is 2.40. The molecule has 1 unspecified atom stereocenters. The van der Waals surface area contributed by atoms with Gasteiger partial charge in [-0.05, 0) is 31.0 Å². The van der Waals surface area contributed by atoms with Crippen LogP contribution < -0.4 is 5.73 Å². The van der Waals surface area contributed by atoms with Crippen LogP contribution in [-0.2, 0) is 6.42 Å². The first kappa shape index (κ1) is 12.9. The Bertz CT molecular complexity index is 773. The Morgan fingerprint density at radius 2 is 2.29 bits per heavy atom. The van der Waals surface area contributed by atoms with E-state index in [-0.39, 0.29) is 6.04 Å². The Hall–Kier alpha value is -1.85. The van der Waals surface area contributed by atoms with Gasteiger partial charge in [0, 0.05) is 29.4 Å². The molecule has 21 heavy (non-hydrogen) atoms. The molecule has 0 spiro atoms. The number of nitrogens with one attached hydrogen (secondary N) is 1. The number of halogens is 1. The minimum atomic E-state index is -0.155. The van der Waals surface area contributed by atoms with Crippen molar-refractivity contribution in [3.05, 3.63) is 47.3 Å². The minimum absolute atomic E-state index is 0.155. The molecule has 1 saturated carbocycles. The van der Waals surface area contributed by atoms with E-state index in [1.165, 1.54) is 12.8 Å². The number of nitrogens with zero attached hydrogens (tertiary/aromatic N) is 3. The van der Waals surface area contributed by atoms with E-state index in [1.807, 2.05) is 18.2 Å². The van der Waals surface area contributed by atoms with Crippen LogP contribution >= 0.6 is 11.6 Å². The smallest absolute Gasteiger partial charge is 0.127 e. The molecule has 2 heterocycles. The fourth-order valence-corrected chi connectivity index (χ4v) is 2.95. The van der Waals surface area contributed by atoms with E-state index < -0.39 is 0 Å². The molecule has 0 amide bonds. The van der Waals surface area contributed by atoms with Crippen molar-refractivity contribution in [2.45, 2.75) is 31.3 Å². The fourth-order valence-electron chi connectivity index (χ4n) is 2.79. The average molecular weight is 302 g/mol. The summed E-state index contributed by atoms with van der Waals surface area (Å²) < 4.78 is 2.27. The minimum Gasteiger partial charge on any atom is -0.348 e. The molecule has 5 nitrogen and oxygen atoms in total. The second kappa shape index (κ2) is 4.86. The van der Waals surface area contributed by atoms with Gasteiger partial charge in [0.1, 0.15) is 5.82 Å². The van der Waals surface area contributed by atoms with Crippen molar-refractivity contribution in [2.24, 2.45) is 5.73 Å². The van der Waals surface area contributed by atoms with Gasteiger partial charge < -0.3 is 15.3 Å². The van der Waals surface area contributed by atoms with Crippen molar-refractivity contribution < 1.29 is 0 Å². The molecule has 4 rings (SSSR count). The summed E-state index contributed by atoms with van der Waals surface area (Å²) in [5, 5.41) is 0.734. The third-order valence-corrected chi connectivity index (χ3v) is 4.15. The van der Waals surface area contributed by atoms with Crippen molar-refractivity contribution in [1.29, 1.82) is 0 Å². The van der Waals surface area contributed by atoms with Crippen LogP contribution in [0.15, 0.2) is 30.7 Å². The van der Waals surface area contributed by atoms with Gasteiger partial charge in [-0.3, -0.25) is 0 Å². The number of imidazole rings is 2. The topological polar surface area (TPSA) is 72.5 Å². The highest BCUT2D eigenvalue weighted by Gasteiger charge is 2.30. The third-order valence-electron chi connectivity index (χ3n) is 3.92. The SMILES string of the molecule is NC(Cc1cnc[nH]1)c1nc2ccc(Cl)cc2n1C1CC1. The summed E-state index contributed by atoms with van der Waals surface area (Å²) in [4.78, 5) is 11.9. The Kier molecular flexibility index (Phi) is 2.97. The van der Waals surface area contributed by atoms with Crippen molar-refractivity contribution in [2.75, 3.05) is 0 Å². The zero-order valence-corrected chi connectivity index (χ0v) is 12.2. The van der Waals surface area contributed by atoms with E-state index in [0.717, 1.165) is 27.6 Å². The first-order valence-electron chi connectivity index (χ1n) is 7.12. The van der Waals surface area contributed by atoms with E-state index in [4.69, 9.17) is 22.3 Å². The standard InChI is InChI=1S/C15H16ClN5/c16-9-1-4-13-14(5-9)21(11-2-3-11)15(20-13)12(17)6-10-7-18-8-19-10/h1,4-5,7-8,11-12H,2-3,6,17H2,(H,18,19). The Morgan fingerprint density at radius 1 is 1.43 bits per heavy atom. The number of rotatable bonds is 4. The number of H-pyrrole nitrogens is 1. The van der Waals surface area contributed by atoms with Crippen molar-refractivity contribution >= 4 is 22.6 Å². The first-order valence-corrected chi connectivity index (χ1v) is 7.50. The molecule has 0 aliphatic heterocycles. The molecule has 1 aliphatic carbocycles. The van der Waals surface area contributed by atoms with Crippen LogP contribution in [0.3, 0.4) is 0 Å². The molecule has 0 bridgehead atoms. The summed E-state index contributed by atoms with van der Waals surface area (Å²) in [6.45, 7) is 0. The Balaban J connectivity index is 1.78. The number of hydrogen-bond acceptors (Lipinski definition) is 3. The van der Waals surface area contributed by atoms with Crippen molar-refractivity contribution in [3.63, 3.8) is 0 Å². The van der Waals surface area contributed by atoms with Crippen LogP contribution in [0.25, 0.3) is 11.0 Å². The van der Waals surface area contributed by atoms with Crippen molar-refractivity contribution in [1.82, 2.24) is 19.5 Å². The lowest BCUT2D eigenvalue weighted by Gasteiger charge is -2.13. The van der Waals surface area contributed by atoms with Gasteiger partial charge in [0.15, 0.2) is 0 Å². The van der Waals surface area contributed by atoms with Gasteiger partial charge in [-0.15, -0.1) is 0 Å². The molecule has 3 aromatic rings. The molecule has 108 valence electrons. The van der Waals surface area contributed by atoms with Crippen LogP contribution in [0.1, 0.15) is 36.4 Å². The van der Waals surface area contributed by atoms with Crippen LogP contribution in [0.2, 0.25) is 5.02 Å². The van der Waals surface area contributed by atoms with Gasteiger partial charge in [-0.1, -0.05) is 11.6 Å². The van der Waals surface area contributed by atoms with E-state index in [9.17, 15) is 0 Å². The summed E-state index contributed by atoms with van der Waals surface area (Å²) in [6, 6.07) is 6.17. The molecule has 0 saturated heterocycles. The lowest BCUT2D eigenvalue weighted by Crippen LogP contribution is -2.19. The molecular weight excluding hydrogens is 286 g/mol. The lowest BCUT2D eigenvalue weighted by atomic mass is 10.1. The largest absolute Gasteiger partial charge is 0.348 e. The molecule has 2 aromatic heterocycles. The molecule has 1 aliphatic rings. The van der Waals surface area contributed by atoms with Gasteiger partial charge >= 0.3 is 0 Å². The Morgan fingerprint density at radius 3 is 3.00 bits per heavy atom. The normalized spacial score (nSPS) is 16.5. The average Bonchev–Trinajstić information content (AvgIpc) is 3.04. The fraction of sp³-hybridized carbons (Fsp3) is 0.333. The van der Waals surface area contributed by atoms with Crippen LogP contribution in [0.5, 0.6) is 0 Å². The van der Waals surface area contributed by atoms with E-state index in [2.05, 4.69) is 14.5 Å². The number of benzene rings is 1. The zero-order valence-electron chi connectivity index (χ0n) is 11.5. The predicted molar refractivity (Wildman–Crippen MR) is 82.2 cm³/mol. The zero-order chi connectivity index (χ0) is 14.4. The van der Waals surface area contributed by atoms with Crippen molar-refractivity contribution in [3.8, 4) is 0 Å². The molecule has 6 heteroatoms. The van der Waals surface area contributed by atoms with Gasteiger partial charge in [0.05, 0.1) is 23.4 Å². The molecular formula is C15H16ClN5. The van der Waals surface area contributed by atoms with Gasteiger partial charge in [-0.25, -0.2) is 9.97 Å². The second-order valence-electron chi connectivity index (χ2n) is 5.59. The summed E-state index contributed by atoms with van der Waals surface area (Å²) in [6.07, 6.45) is 6.54. The third kappa shape index (κ3) is 2.32. The van der Waals surface area contributed by atoms with Gasteiger partial charge in [0.25, 0.3) is 0 Å². The first-order chi connectivity index (χ1) is 10.2. The summed E-state index contributed by atoms with van der Waals surface area (Å²) >= 11 is 6.13. The monoisotopic (exact) mass is 301 g/mol. The predicted octanol–water partition coefficient (Wildman–Crippen LogP) is 2.99. The number of aromatic nitrogens is 4. The van der Waals surface area contributed by atoms with Crippen LogP contribution in [0, 0.1) is 0 Å². The molecule has 3 N–H and O–H groups in total. The Labute approximate surface area is 127 Å².